The lowest BCUT2D eigenvalue weighted by Crippen LogP contribution is -2.19. The summed E-state index contributed by atoms with van der Waals surface area (Å²) in [7, 11) is 0. The zero-order valence-corrected chi connectivity index (χ0v) is 13.2. The van der Waals surface area contributed by atoms with Crippen molar-refractivity contribution >= 4 is 5.69 Å². The summed E-state index contributed by atoms with van der Waals surface area (Å²) < 4.78 is 5.90. The molecule has 1 aromatic rings. The number of para-hydroxylation sites is 2. The average Bonchev–Trinajstić information content (AvgIpc) is 2.65. The minimum atomic E-state index is 0.219. The number of hydrogen-bond acceptors (Lipinski definition) is 2. The first-order valence-electron chi connectivity index (χ1n) is 8.21. The molecule has 0 aliphatic heterocycles. The van der Waals surface area contributed by atoms with E-state index in [0.717, 1.165) is 17.4 Å². The van der Waals surface area contributed by atoms with E-state index in [4.69, 9.17) is 4.74 Å². The van der Waals surface area contributed by atoms with Crippen LogP contribution in [-0.2, 0) is 0 Å². The van der Waals surface area contributed by atoms with Crippen molar-refractivity contribution in [2.45, 2.75) is 71.4 Å². The summed E-state index contributed by atoms with van der Waals surface area (Å²) in [6, 6.07) is 8.93. The van der Waals surface area contributed by atoms with Crippen molar-refractivity contribution in [1.82, 2.24) is 0 Å². The molecule has 1 aliphatic rings. The third kappa shape index (κ3) is 4.43. The third-order valence-electron chi connectivity index (χ3n) is 4.28. The second-order valence-electron chi connectivity index (χ2n) is 6.29. The van der Waals surface area contributed by atoms with Crippen molar-refractivity contribution in [3.63, 3.8) is 0 Å². The molecule has 0 bridgehead atoms. The lowest BCUT2D eigenvalue weighted by atomic mass is 9.98. The zero-order valence-electron chi connectivity index (χ0n) is 13.2. The molecule has 1 aliphatic carbocycles. The Balaban J connectivity index is 1.98. The van der Waals surface area contributed by atoms with Crippen LogP contribution in [0.2, 0.25) is 0 Å². The Bertz CT molecular complexity index is 402. The summed E-state index contributed by atoms with van der Waals surface area (Å²) >= 11 is 0. The summed E-state index contributed by atoms with van der Waals surface area (Å²) in [5.74, 6) is 1.92. The van der Waals surface area contributed by atoms with Gasteiger partial charge in [0.15, 0.2) is 0 Å². The van der Waals surface area contributed by atoms with E-state index >= 15 is 0 Å². The number of nitrogens with one attached hydrogen (secondary N) is 1. The molecule has 2 rings (SSSR count). The van der Waals surface area contributed by atoms with Crippen molar-refractivity contribution < 1.29 is 4.74 Å². The second-order valence-corrected chi connectivity index (χ2v) is 6.29. The first kappa shape index (κ1) is 15.2. The van der Waals surface area contributed by atoms with Gasteiger partial charge in [-0.3, -0.25) is 0 Å². The van der Waals surface area contributed by atoms with Gasteiger partial charge in [0, 0.05) is 6.04 Å². The van der Waals surface area contributed by atoms with E-state index in [0.29, 0.717) is 6.04 Å². The SMILES string of the molecule is CCC1CCCC(Nc2ccccc2OC(C)C)CC1. The summed E-state index contributed by atoms with van der Waals surface area (Å²) in [5.41, 5.74) is 1.15. The highest BCUT2D eigenvalue weighted by atomic mass is 16.5. The molecule has 2 heteroatoms. The van der Waals surface area contributed by atoms with Gasteiger partial charge < -0.3 is 10.1 Å². The van der Waals surface area contributed by atoms with Gasteiger partial charge in [0.2, 0.25) is 0 Å². The van der Waals surface area contributed by atoms with Gasteiger partial charge in [0.1, 0.15) is 5.75 Å². The van der Waals surface area contributed by atoms with Crippen molar-refractivity contribution in [3.05, 3.63) is 24.3 Å². The zero-order chi connectivity index (χ0) is 14.4. The van der Waals surface area contributed by atoms with Crippen LogP contribution in [0.1, 0.15) is 59.3 Å². The van der Waals surface area contributed by atoms with Gasteiger partial charge in [-0.2, -0.15) is 0 Å². The molecule has 20 heavy (non-hydrogen) atoms. The lowest BCUT2D eigenvalue weighted by molar-refractivity contribution is 0.243. The van der Waals surface area contributed by atoms with E-state index in [1.165, 1.54) is 38.5 Å². The number of hydrogen-bond donors (Lipinski definition) is 1. The molecule has 1 aromatic carbocycles. The Labute approximate surface area is 123 Å². The molecule has 2 unspecified atom stereocenters. The maximum atomic E-state index is 5.90. The maximum absolute atomic E-state index is 5.90. The van der Waals surface area contributed by atoms with E-state index < -0.39 is 0 Å². The van der Waals surface area contributed by atoms with Gasteiger partial charge in [-0.05, 0) is 51.2 Å². The molecule has 0 saturated heterocycles. The first-order chi connectivity index (χ1) is 9.69. The predicted molar refractivity (Wildman–Crippen MR) is 86.5 cm³/mol. The topological polar surface area (TPSA) is 21.3 Å². The average molecular weight is 275 g/mol. The van der Waals surface area contributed by atoms with E-state index in [1.807, 2.05) is 6.07 Å². The highest BCUT2D eigenvalue weighted by molar-refractivity contribution is 5.56. The Kier molecular flexibility index (Phi) is 5.75. The normalized spacial score (nSPS) is 23.4. The van der Waals surface area contributed by atoms with E-state index in [1.54, 1.807) is 0 Å². The molecule has 0 heterocycles. The number of benzene rings is 1. The molecule has 1 fully saturated rings. The van der Waals surface area contributed by atoms with E-state index in [-0.39, 0.29) is 6.10 Å². The van der Waals surface area contributed by atoms with Crippen LogP contribution in [0.5, 0.6) is 5.75 Å². The lowest BCUT2D eigenvalue weighted by Gasteiger charge is -2.21. The molecule has 2 nitrogen and oxygen atoms in total. The van der Waals surface area contributed by atoms with Crippen LogP contribution in [0.25, 0.3) is 0 Å². The van der Waals surface area contributed by atoms with E-state index in [2.05, 4.69) is 44.3 Å². The molecular formula is C18H29NO. The fraction of sp³-hybridized carbons (Fsp3) is 0.667. The van der Waals surface area contributed by atoms with Crippen molar-refractivity contribution in [3.8, 4) is 5.75 Å². The molecule has 0 aromatic heterocycles. The number of rotatable bonds is 5. The standard InChI is InChI=1S/C18H29NO/c1-4-15-8-7-9-16(13-12-15)19-17-10-5-6-11-18(17)20-14(2)3/h5-6,10-11,14-16,19H,4,7-9,12-13H2,1-3H3. The summed E-state index contributed by atoms with van der Waals surface area (Å²) in [5, 5.41) is 3.71. The molecule has 2 atom stereocenters. The minimum Gasteiger partial charge on any atom is -0.489 e. The maximum Gasteiger partial charge on any atom is 0.142 e. The van der Waals surface area contributed by atoms with Crippen molar-refractivity contribution in [2.75, 3.05) is 5.32 Å². The fourth-order valence-corrected chi connectivity index (χ4v) is 3.09. The highest BCUT2D eigenvalue weighted by Gasteiger charge is 2.18. The molecule has 1 saturated carbocycles. The van der Waals surface area contributed by atoms with Gasteiger partial charge >= 0.3 is 0 Å². The van der Waals surface area contributed by atoms with Gasteiger partial charge in [0.05, 0.1) is 11.8 Å². The molecule has 112 valence electrons. The monoisotopic (exact) mass is 275 g/mol. The molecule has 1 N–H and O–H groups in total. The minimum absolute atomic E-state index is 0.219. The van der Waals surface area contributed by atoms with Crippen LogP contribution in [0, 0.1) is 5.92 Å². The van der Waals surface area contributed by atoms with Crippen LogP contribution in [0.4, 0.5) is 5.69 Å². The first-order valence-corrected chi connectivity index (χ1v) is 8.21. The predicted octanol–water partition coefficient (Wildman–Crippen LogP) is 5.24. The largest absolute Gasteiger partial charge is 0.489 e. The summed E-state index contributed by atoms with van der Waals surface area (Å²) in [4.78, 5) is 0. The number of ether oxygens (including phenoxy) is 1. The fourth-order valence-electron chi connectivity index (χ4n) is 3.09. The Morgan fingerprint density at radius 1 is 1.15 bits per heavy atom. The number of anilines is 1. The van der Waals surface area contributed by atoms with Gasteiger partial charge in [-0.15, -0.1) is 0 Å². The molecule has 0 spiro atoms. The Morgan fingerprint density at radius 2 is 1.95 bits per heavy atom. The van der Waals surface area contributed by atoms with Crippen LogP contribution in [0.3, 0.4) is 0 Å². The van der Waals surface area contributed by atoms with E-state index in [9.17, 15) is 0 Å². The molecule has 0 amide bonds. The Morgan fingerprint density at radius 3 is 2.70 bits per heavy atom. The van der Waals surface area contributed by atoms with Gasteiger partial charge in [0.25, 0.3) is 0 Å². The molecular weight excluding hydrogens is 246 g/mol. The van der Waals surface area contributed by atoms with Gasteiger partial charge in [-0.25, -0.2) is 0 Å². The summed E-state index contributed by atoms with van der Waals surface area (Å²) in [6.45, 7) is 6.48. The summed E-state index contributed by atoms with van der Waals surface area (Å²) in [6.07, 6.45) is 8.24. The second kappa shape index (κ2) is 7.56. The smallest absolute Gasteiger partial charge is 0.142 e. The van der Waals surface area contributed by atoms with Crippen molar-refractivity contribution in [2.24, 2.45) is 5.92 Å². The third-order valence-corrected chi connectivity index (χ3v) is 4.28. The van der Waals surface area contributed by atoms with Gasteiger partial charge in [-0.1, -0.05) is 38.3 Å². The van der Waals surface area contributed by atoms with Crippen molar-refractivity contribution in [1.29, 1.82) is 0 Å². The van der Waals surface area contributed by atoms with Crippen LogP contribution in [-0.4, -0.2) is 12.1 Å². The van der Waals surface area contributed by atoms with Crippen LogP contribution >= 0.6 is 0 Å². The highest BCUT2D eigenvalue weighted by Crippen LogP contribution is 2.30. The van der Waals surface area contributed by atoms with Crippen LogP contribution in [0.15, 0.2) is 24.3 Å². The molecule has 0 radical (unpaired) electrons. The van der Waals surface area contributed by atoms with Crippen LogP contribution < -0.4 is 10.1 Å². The quantitative estimate of drug-likeness (QED) is 0.741. The Hall–Kier alpha value is -1.18.